The Morgan fingerprint density at radius 2 is 1.94 bits per heavy atom. The molecule has 33 heavy (non-hydrogen) atoms. The largest absolute Gasteiger partial charge is 0.480 e. The minimum absolute atomic E-state index is 0.0640. The van der Waals surface area contributed by atoms with Crippen LogP contribution in [0.25, 0.3) is 10.9 Å². The summed E-state index contributed by atoms with van der Waals surface area (Å²) in [5, 5.41) is 18.4. The van der Waals surface area contributed by atoms with Crippen molar-refractivity contribution in [2.24, 2.45) is 0 Å². The number of nitrogens with one attached hydrogen (secondary N) is 5. The van der Waals surface area contributed by atoms with Crippen molar-refractivity contribution in [3.63, 3.8) is 0 Å². The average molecular weight is 452 g/mol. The average Bonchev–Trinajstić information content (AvgIpc) is 3.54. The van der Waals surface area contributed by atoms with Crippen LogP contribution >= 0.6 is 0 Å². The summed E-state index contributed by atoms with van der Waals surface area (Å²) in [6, 6.07) is 4.49. The molecular weight excluding hydrogens is 428 g/mol. The van der Waals surface area contributed by atoms with Crippen LogP contribution in [-0.4, -0.2) is 61.9 Å². The minimum Gasteiger partial charge on any atom is -0.480 e. The maximum atomic E-state index is 13.1. The van der Waals surface area contributed by atoms with Gasteiger partial charge in [0.15, 0.2) is 0 Å². The summed E-state index contributed by atoms with van der Waals surface area (Å²) < 4.78 is 0. The van der Waals surface area contributed by atoms with Crippen LogP contribution in [0.15, 0.2) is 43.0 Å². The van der Waals surface area contributed by atoms with Crippen LogP contribution < -0.4 is 16.0 Å². The SMILES string of the molecule is O=C1CC[C@@H](C(=O)N[C@@H](Cc2cnc[nH]2)C(=O)N[C@@H](Cc2c[nH]c3ccccc23)C(=O)O)N1. The minimum atomic E-state index is -1.20. The van der Waals surface area contributed by atoms with E-state index in [2.05, 4.69) is 30.9 Å². The van der Waals surface area contributed by atoms with Crippen LogP contribution in [0.2, 0.25) is 0 Å². The van der Waals surface area contributed by atoms with Crippen molar-refractivity contribution in [1.29, 1.82) is 0 Å². The number of aromatic amines is 2. The first-order valence-electron chi connectivity index (χ1n) is 10.6. The molecule has 1 aliphatic rings. The number of para-hydroxylation sites is 1. The second kappa shape index (κ2) is 9.55. The van der Waals surface area contributed by atoms with E-state index in [4.69, 9.17) is 0 Å². The normalized spacial score (nSPS) is 17.3. The molecule has 6 N–H and O–H groups in total. The van der Waals surface area contributed by atoms with Gasteiger partial charge in [0.25, 0.3) is 0 Å². The van der Waals surface area contributed by atoms with Crippen LogP contribution in [0.4, 0.5) is 0 Å². The van der Waals surface area contributed by atoms with Crippen molar-refractivity contribution in [3.8, 4) is 0 Å². The quantitative estimate of drug-likeness (QED) is 0.267. The fourth-order valence-electron chi connectivity index (χ4n) is 3.90. The molecule has 3 atom stereocenters. The van der Waals surface area contributed by atoms with Gasteiger partial charge in [0.05, 0.1) is 6.33 Å². The number of imidazole rings is 1. The highest BCUT2D eigenvalue weighted by Crippen LogP contribution is 2.19. The topological polar surface area (TPSA) is 169 Å². The number of rotatable bonds is 9. The second-order valence-corrected chi connectivity index (χ2v) is 7.96. The van der Waals surface area contributed by atoms with Gasteiger partial charge in [0.1, 0.15) is 18.1 Å². The summed E-state index contributed by atoms with van der Waals surface area (Å²) in [6.45, 7) is 0. The fraction of sp³-hybridized carbons (Fsp3) is 0.318. The highest BCUT2D eigenvalue weighted by molar-refractivity contribution is 5.95. The van der Waals surface area contributed by atoms with E-state index < -0.39 is 35.9 Å². The lowest BCUT2D eigenvalue weighted by molar-refractivity contribution is -0.142. The highest BCUT2D eigenvalue weighted by atomic mass is 16.4. The third kappa shape index (κ3) is 5.20. The van der Waals surface area contributed by atoms with Crippen LogP contribution in [0.1, 0.15) is 24.1 Å². The van der Waals surface area contributed by atoms with Crippen molar-refractivity contribution in [2.45, 2.75) is 43.8 Å². The first kappa shape index (κ1) is 22.1. The number of carbonyl (C=O) groups excluding carboxylic acids is 3. The number of carbonyl (C=O) groups is 4. The van der Waals surface area contributed by atoms with Gasteiger partial charge >= 0.3 is 5.97 Å². The third-order valence-corrected chi connectivity index (χ3v) is 5.64. The molecule has 4 rings (SSSR count). The van der Waals surface area contributed by atoms with E-state index in [0.717, 1.165) is 16.5 Å². The van der Waals surface area contributed by atoms with Crippen LogP contribution in [0.3, 0.4) is 0 Å². The zero-order valence-electron chi connectivity index (χ0n) is 17.6. The van der Waals surface area contributed by atoms with E-state index >= 15 is 0 Å². The molecule has 0 bridgehead atoms. The molecule has 0 unspecified atom stereocenters. The van der Waals surface area contributed by atoms with E-state index in [1.807, 2.05) is 24.3 Å². The molecular formula is C22H24N6O5. The number of benzene rings is 1. The molecule has 0 spiro atoms. The zero-order chi connectivity index (χ0) is 23.4. The molecule has 0 saturated carbocycles. The third-order valence-electron chi connectivity index (χ3n) is 5.64. The number of fused-ring (bicyclic) bond motifs is 1. The summed E-state index contributed by atoms with van der Waals surface area (Å²) in [5.41, 5.74) is 2.21. The number of hydrogen-bond acceptors (Lipinski definition) is 5. The molecule has 2 aromatic heterocycles. The van der Waals surface area contributed by atoms with Gasteiger partial charge in [-0.1, -0.05) is 18.2 Å². The van der Waals surface area contributed by atoms with Crippen LogP contribution in [-0.2, 0) is 32.0 Å². The highest BCUT2D eigenvalue weighted by Gasteiger charge is 2.32. The second-order valence-electron chi connectivity index (χ2n) is 7.96. The predicted octanol–water partition coefficient (Wildman–Crippen LogP) is 0.00900. The van der Waals surface area contributed by atoms with Gasteiger partial charge in [-0.25, -0.2) is 9.78 Å². The molecule has 3 aromatic rings. The first-order chi connectivity index (χ1) is 15.9. The standard InChI is InChI=1S/C22H24N6O5/c29-19-6-5-16(26-19)20(30)27-17(8-13-10-23-11-25-13)21(31)28-18(22(32)33)7-12-9-24-15-4-2-1-3-14(12)15/h1-4,9-11,16-18,24H,5-8H2,(H,23,25)(H,26,29)(H,27,30)(H,28,31)(H,32,33)/t16-,17-,18-/m0/s1. The Morgan fingerprint density at radius 3 is 2.64 bits per heavy atom. The maximum Gasteiger partial charge on any atom is 0.326 e. The van der Waals surface area contributed by atoms with Crippen molar-refractivity contribution in [2.75, 3.05) is 0 Å². The van der Waals surface area contributed by atoms with Crippen LogP contribution in [0.5, 0.6) is 0 Å². The predicted molar refractivity (Wildman–Crippen MR) is 117 cm³/mol. The Hall–Kier alpha value is -4.15. The summed E-state index contributed by atoms with van der Waals surface area (Å²) in [4.78, 5) is 58.9. The van der Waals surface area contributed by atoms with E-state index in [0.29, 0.717) is 12.1 Å². The Labute approximate surface area is 188 Å². The number of carboxylic acids is 1. The molecule has 1 fully saturated rings. The van der Waals surface area contributed by atoms with Gasteiger partial charge in [-0.2, -0.15) is 0 Å². The lowest BCUT2D eigenvalue weighted by Crippen LogP contribution is -2.55. The molecule has 11 heteroatoms. The lowest BCUT2D eigenvalue weighted by atomic mass is 10.0. The smallest absolute Gasteiger partial charge is 0.326 e. The lowest BCUT2D eigenvalue weighted by Gasteiger charge is -2.22. The molecule has 3 amide bonds. The van der Waals surface area contributed by atoms with E-state index in [1.54, 1.807) is 6.20 Å². The number of H-pyrrole nitrogens is 2. The molecule has 1 aromatic carbocycles. The Kier molecular flexibility index (Phi) is 6.38. The monoisotopic (exact) mass is 452 g/mol. The number of hydrogen-bond donors (Lipinski definition) is 6. The maximum absolute atomic E-state index is 13.1. The molecule has 1 saturated heterocycles. The van der Waals surface area contributed by atoms with Gasteiger partial charge in [0.2, 0.25) is 17.7 Å². The van der Waals surface area contributed by atoms with Crippen LogP contribution in [0, 0.1) is 0 Å². The van der Waals surface area contributed by atoms with Gasteiger partial charge in [-0.3, -0.25) is 14.4 Å². The summed E-state index contributed by atoms with van der Waals surface area (Å²) >= 11 is 0. The van der Waals surface area contributed by atoms with Gasteiger partial charge in [0, 0.05) is 48.3 Å². The Balaban J connectivity index is 1.49. The van der Waals surface area contributed by atoms with Crippen molar-refractivity contribution in [1.82, 2.24) is 30.9 Å². The number of aromatic nitrogens is 3. The number of amides is 3. The van der Waals surface area contributed by atoms with Gasteiger partial charge in [-0.15, -0.1) is 0 Å². The van der Waals surface area contributed by atoms with Gasteiger partial charge < -0.3 is 31.0 Å². The fourth-order valence-corrected chi connectivity index (χ4v) is 3.90. The number of nitrogens with zero attached hydrogens (tertiary/aromatic N) is 1. The van der Waals surface area contributed by atoms with E-state index in [1.165, 1.54) is 12.5 Å². The molecule has 3 heterocycles. The Morgan fingerprint density at radius 1 is 1.12 bits per heavy atom. The summed E-state index contributed by atoms with van der Waals surface area (Å²) in [7, 11) is 0. The molecule has 172 valence electrons. The first-order valence-corrected chi connectivity index (χ1v) is 10.6. The number of carboxylic acid groups (broad SMARTS) is 1. The van der Waals surface area contributed by atoms with Crippen molar-refractivity contribution in [3.05, 3.63) is 54.2 Å². The van der Waals surface area contributed by atoms with E-state index in [9.17, 15) is 24.3 Å². The molecule has 11 nitrogen and oxygen atoms in total. The zero-order valence-corrected chi connectivity index (χ0v) is 17.6. The molecule has 1 aliphatic heterocycles. The van der Waals surface area contributed by atoms with Crippen molar-refractivity contribution < 1.29 is 24.3 Å². The summed E-state index contributed by atoms with van der Waals surface area (Å²) in [5.74, 6) is -2.56. The number of aliphatic carboxylic acids is 1. The summed E-state index contributed by atoms with van der Waals surface area (Å²) in [6.07, 6.45) is 5.40. The Bertz CT molecular complexity index is 1170. The van der Waals surface area contributed by atoms with Crippen molar-refractivity contribution >= 4 is 34.6 Å². The van der Waals surface area contributed by atoms with E-state index in [-0.39, 0.29) is 25.2 Å². The molecule has 0 radical (unpaired) electrons. The van der Waals surface area contributed by atoms with Gasteiger partial charge in [-0.05, 0) is 18.1 Å². The molecule has 0 aliphatic carbocycles.